The summed E-state index contributed by atoms with van der Waals surface area (Å²) in [5.41, 5.74) is -0.472. The number of likely N-dealkylation sites (N-methyl/N-ethyl adjacent to an activating group) is 1. The minimum absolute atomic E-state index is 0.144. The first-order chi connectivity index (χ1) is 9.20. The first-order valence-electron chi connectivity index (χ1n) is 6.43. The number of hydrogen-bond donors (Lipinski definition) is 2. The zero-order valence-corrected chi connectivity index (χ0v) is 11.9. The van der Waals surface area contributed by atoms with Gasteiger partial charge in [-0.2, -0.15) is 13.2 Å². The maximum atomic E-state index is 12.6. The molecule has 0 saturated carbocycles. The molecule has 20 heavy (non-hydrogen) atoms. The Morgan fingerprint density at radius 3 is 2.50 bits per heavy atom. The Morgan fingerprint density at radius 1 is 1.30 bits per heavy atom. The first kappa shape index (κ1) is 16.9. The van der Waals surface area contributed by atoms with Crippen LogP contribution in [0.1, 0.15) is 24.2 Å². The number of halogens is 3. The van der Waals surface area contributed by atoms with Crippen LogP contribution in [0.15, 0.2) is 24.3 Å². The van der Waals surface area contributed by atoms with Gasteiger partial charge in [0.1, 0.15) is 0 Å². The molecule has 6 heteroatoms. The number of aliphatic hydroxyl groups is 1. The molecular weight excluding hydrogens is 269 g/mol. The Bertz CT molecular complexity index is 421. The first-order valence-corrected chi connectivity index (χ1v) is 6.43. The largest absolute Gasteiger partial charge is 0.416 e. The van der Waals surface area contributed by atoms with E-state index in [9.17, 15) is 18.3 Å². The molecule has 3 nitrogen and oxygen atoms in total. The fourth-order valence-corrected chi connectivity index (χ4v) is 1.97. The molecule has 1 aromatic carbocycles. The van der Waals surface area contributed by atoms with Crippen LogP contribution in [0.4, 0.5) is 13.2 Å². The summed E-state index contributed by atoms with van der Waals surface area (Å²) in [6.07, 6.45) is -5.34. The van der Waals surface area contributed by atoms with Gasteiger partial charge in [-0.1, -0.05) is 12.1 Å². The molecule has 2 unspecified atom stereocenters. The molecule has 0 aromatic heterocycles. The molecule has 0 saturated heterocycles. The zero-order valence-electron chi connectivity index (χ0n) is 11.9. The highest BCUT2D eigenvalue weighted by atomic mass is 19.4. The summed E-state index contributed by atoms with van der Waals surface area (Å²) >= 11 is 0. The summed E-state index contributed by atoms with van der Waals surface area (Å²) < 4.78 is 37.8. The topological polar surface area (TPSA) is 35.5 Å². The Morgan fingerprint density at radius 2 is 1.95 bits per heavy atom. The number of nitrogens with zero attached hydrogens (tertiary/aromatic N) is 1. The fraction of sp³-hybridized carbons (Fsp3) is 0.571. The van der Waals surface area contributed by atoms with Crippen LogP contribution < -0.4 is 5.32 Å². The number of benzene rings is 1. The standard InChI is InChI=1S/C14H21F3N2O/c1-10(9-19(2)3)18-8-13(20)11-5-4-6-12(7-11)14(15,16)17/h4-7,10,13,18,20H,8-9H2,1-3H3. The van der Waals surface area contributed by atoms with Gasteiger partial charge in [0.25, 0.3) is 0 Å². The van der Waals surface area contributed by atoms with Crippen LogP contribution >= 0.6 is 0 Å². The molecule has 1 rings (SSSR count). The predicted molar refractivity (Wildman–Crippen MR) is 72.4 cm³/mol. The van der Waals surface area contributed by atoms with Crippen LogP contribution in [0.2, 0.25) is 0 Å². The SMILES string of the molecule is CC(CN(C)C)NCC(O)c1cccc(C(F)(F)F)c1. The van der Waals surface area contributed by atoms with E-state index in [0.29, 0.717) is 0 Å². The van der Waals surface area contributed by atoms with Crippen molar-refractivity contribution in [2.24, 2.45) is 0 Å². The van der Waals surface area contributed by atoms with E-state index in [1.165, 1.54) is 12.1 Å². The van der Waals surface area contributed by atoms with Gasteiger partial charge in [0, 0.05) is 19.1 Å². The highest BCUT2D eigenvalue weighted by molar-refractivity contribution is 5.27. The maximum absolute atomic E-state index is 12.6. The van der Waals surface area contributed by atoms with Gasteiger partial charge in [0.2, 0.25) is 0 Å². The van der Waals surface area contributed by atoms with E-state index in [1.54, 1.807) is 0 Å². The molecule has 0 aliphatic rings. The fourth-order valence-electron chi connectivity index (χ4n) is 1.97. The van der Waals surface area contributed by atoms with Crippen molar-refractivity contribution in [1.82, 2.24) is 10.2 Å². The average molecular weight is 290 g/mol. The van der Waals surface area contributed by atoms with Crippen molar-refractivity contribution < 1.29 is 18.3 Å². The molecule has 2 atom stereocenters. The normalized spacial score (nSPS) is 15.4. The second kappa shape index (κ2) is 7.06. The van der Waals surface area contributed by atoms with E-state index < -0.39 is 17.8 Å². The van der Waals surface area contributed by atoms with Crippen LogP contribution in [0, 0.1) is 0 Å². The van der Waals surface area contributed by atoms with E-state index in [2.05, 4.69) is 5.32 Å². The highest BCUT2D eigenvalue weighted by Gasteiger charge is 2.30. The van der Waals surface area contributed by atoms with Gasteiger partial charge < -0.3 is 15.3 Å². The molecular formula is C14H21F3N2O. The van der Waals surface area contributed by atoms with Crippen LogP contribution in [-0.2, 0) is 6.18 Å². The molecule has 0 bridgehead atoms. The van der Waals surface area contributed by atoms with Crippen molar-refractivity contribution in [3.8, 4) is 0 Å². The van der Waals surface area contributed by atoms with E-state index in [-0.39, 0.29) is 18.2 Å². The van der Waals surface area contributed by atoms with Gasteiger partial charge in [-0.3, -0.25) is 0 Å². The number of hydrogen-bond acceptors (Lipinski definition) is 3. The smallest absolute Gasteiger partial charge is 0.387 e. The van der Waals surface area contributed by atoms with Crippen molar-refractivity contribution in [2.45, 2.75) is 25.2 Å². The predicted octanol–water partition coefficient (Wildman–Crippen LogP) is 2.28. The number of rotatable bonds is 6. The van der Waals surface area contributed by atoms with Crippen molar-refractivity contribution in [3.63, 3.8) is 0 Å². The van der Waals surface area contributed by atoms with Crippen molar-refractivity contribution in [2.75, 3.05) is 27.2 Å². The minimum atomic E-state index is -4.39. The Kier molecular flexibility index (Phi) is 5.98. The zero-order chi connectivity index (χ0) is 15.3. The number of aliphatic hydroxyl groups excluding tert-OH is 1. The van der Waals surface area contributed by atoms with Gasteiger partial charge >= 0.3 is 6.18 Å². The molecule has 0 fully saturated rings. The van der Waals surface area contributed by atoms with E-state index in [4.69, 9.17) is 0 Å². The maximum Gasteiger partial charge on any atom is 0.416 e. The third-order valence-electron chi connectivity index (χ3n) is 2.90. The van der Waals surface area contributed by atoms with Crippen molar-refractivity contribution in [1.29, 1.82) is 0 Å². The highest BCUT2D eigenvalue weighted by Crippen LogP contribution is 2.30. The molecule has 0 heterocycles. The molecule has 2 N–H and O–H groups in total. The molecule has 0 aliphatic heterocycles. The average Bonchev–Trinajstić information content (AvgIpc) is 2.34. The van der Waals surface area contributed by atoms with Gasteiger partial charge in [-0.15, -0.1) is 0 Å². The third kappa shape index (κ3) is 5.48. The lowest BCUT2D eigenvalue weighted by molar-refractivity contribution is -0.137. The Labute approximate surface area is 117 Å². The molecule has 0 spiro atoms. The van der Waals surface area contributed by atoms with Gasteiger partial charge in [-0.25, -0.2) is 0 Å². The monoisotopic (exact) mass is 290 g/mol. The summed E-state index contributed by atoms with van der Waals surface area (Å²) in [7, 11) is 3.86. The quantitative estimate of drug-likeness (QED) is 0.844. The van der Waals surface area contributed by atoms with E-state index in [0.717, 1.165) is 18.7 Å². The summed E-state index contributed by atoms with van der Waals surface area (Å²) in [6.45, 7) is 2.96. The molecule has 114 valence electrons. The molecule has 0 radical (unpaired) electrons. The Balaban J connectivity index is 2.62. The van der Waals surface area contributed by atoms with Gasteiger partial charge in [0.15, 0.2) is 0 Å². The van der Waals surface area contributed by atoms with E-state index in [1.807, 2.05) is 25.9 Å². The summed E-state index contributed by atoms with van der Waals surface area (Å²) in [6, 6.07) is 4.94. The Hall–Kier alpha value is -1.11. The summed E-state index contributed by atoms with van der Waals surface area (Å²) in [4.78, 5) is 1.99. The molecule has 1 aromatic rings. The van der Waals surface area contributed by atoms with Crippen LogP contribution in [-0.4, -0.2) is 43.2 Å². The number of nitrogens with one attached hydrogen (secondary N) is 1. The second-order valence-electron chi connectivity index (χ2n) is 5.21. The van der Waals surface area contributed by atoms with Crippen LogP contribution in [0.5, 0.6) is 0 Å². The van der Waals surface area contributed by atoms with Crippen molar-refractivity contribution >= 4 is 0 Å². The third-order valence-corrected chi connectivity index (χ3v) is 2.90. The lowest BCUT2D eigenvalue weighted by atomic mass is 10.1. The minimum Gasteiger partial charge on any atom is -0.387 e. The van der Waals surface area contributed by atoms with Crippen LogP contribution in [0.25, 0.3) is 0 Å². The summed E-state index contributed by atoms with van der Waals surface area (Å²) in [5.74, 6) is 0. The lowest BCUT2D eigenvalue weighted by Gasteiger charge is -2.21. The van der Waals surface area contributed by atoms with E-state index >= 15 is 0 Å². The molecule has 0 amide bonds. The van der Waals surface area contributed by atoms with Crippen molar-refractivity contribution in [3.05, 3.63) is 35.4 Å². The number of alkyl halides is 3. The lowest BCUT2D eigenvalue weighted by Crippen LogP contribution is -2.38. The van der Waals surface area contributed by atoms with Crippen LogP contribution in [0.3, 0.4) is 0 Å². The van der Waals surface area contributed by atoms with Gasteiger partial charge in [-0.05, 0) is 38.7 Å². The second-order valence-corrected chi connectivity index (χ2v) is 5.21. The summed E-state index contributed by atoms with van der Waals surface area (Å²) in [5, 5.41) is 13.0. The molecule has 0 aliphatic carbocycles. The van der Waals surface area contributed by atoms with Gasteiger partial charge in [0.05, 0.1) is 11.7 Å².